The summed E-state index contributed by atoms with van der Waals surface area (Å²) >= 11 is 0. The van der Waals surface area contributed by atoms with Crippen molar-refractivity contribution in [1.29, 1.82) is 5.26 Å². The molecule has 0 amide bonds. The van der Waals surface area contributed by atoms with Gasteiger partial charge in [0.15, 0.2) is 0 Å². The van der Waals surface area contributed by atoms with Gasteiger partial charge in [0.1, 0.15) is 0 Å². The third kappa shape index (κ3) is 5.73. The molecule has 0 unspecified atom stereocenters. The lowest BCUT2D eigenvalue weighted by Crippen LogP contribution is -2.24. The smallest absolute Gasteiger partial charge is 0.269 e. The zero-order valence-corrected chi connectivity index (χ0v) is 19.5. The highest BCUT2D eigenvalue weighted by atomic mass is 16.6. The van der Waals surface area contributed by atoms with Gasteiger partial charge in [-0.1, -0.05) is 47.5 Å². The van der Waals surface area contributed by atoms with Gasteiger partial charge in [-0.15, -0.1) is 0 Å². The van der Waals surface area contributed by atoms with Gasteiger partial charge in [-0.05, 0) is 79.6 Å². The Hall–Kier alpha value is -4.89. The normalized spacial score (nSPS) is 10.9. The number of rotatable bonds is 7. The van der Waals surface area contributed by atoms with Crippen molar-refractivity contribution in [2.24, 2.45) is 0 Å². The SMILES string of the molecule is Cc1ccc(NN(c2ccc(C)cc2)c2ccc(/C=C(\C#N)c3ccc([N+](=O)[O-])cc3)cc2)cc1. The van der Waals surface area contributed by atoms with Gasteiger partial charge in [-0.3, -0.25) is 20.5 Å². The van der Waals surface area contributed by atoms with E-state index in [1.807, 2.05) is 41.4 Å². The first-order chi connectivity index (χ1) is 16.9. The second kappa shape index (κ2) is 10.4. The molecule has 4 aromatic rings. The molecule has 6 heteroatoms. The molecule has 172 valence electrons. The third-order valence-corrected chi connectivity index (χ3v) is 5.56. The molecule has 0 aliphatic carbocycles. The molecule has 4 rings (SSSR count). The van der Waals surface area contributed by atoms with Crippen molar-refractivity contribution in [3.63, 3.8) is 0 Å². The molecule has 0 heterocycles. The van der Waals surface area contributed by atoms with Crippen LogP contribution >= 0.6 is 0 Å². The molecular formula is C29H24N4O2. The van der Waals surface area contributed by atoms with Crippen LogP contribution in [-0.2, 0) is 0 Å². The van der Waals surface area contributed by atoms with E-state index in [2.05, 4.69) is 61.7 Å². The quantitative estimate of drug-likeness (QED) is 0.134. The molecule has 0 saturated carbocycles. The van der Waals surface area contributed by atoms with E-state index in [0.717, 1.165) is 22.6 Å². The van der Waals surface area contributed by atoms with Gasteiger partial charge in [0.2, 0.25) is 0 Å². The standard InChI is InChI=1S/C29H24N4O2/c1-21-3-11-26(12-4-21)31-32(27-13-5-22(2)6-14-27)28-15-7-23(8-16-28)19-25(20-30)24-9-17-29(18-10-24)33(34)35/h3-19,31H,1-2H3/b25-19+. The van der Waals surface area contributed by atoms with Crippen molar-refractivity contribution < 1.29 is 4.92 Å². The highest BCUT2D eigenvalue weighted by molar-refractivity contribution is 5.90. The Bertz CT molecular complexity index is 1380. The molecular weight excluding hydrogens is 436 g/mol. The van der Waals surface area contributed by atoms with E-state index in [1.165, 1.54) is 23.3 Å². The molecule has 0 fully saturated rings. The van der Waals surface area contributed by atoms with Crippen LogP contribution in [0.25, 0.3) is 11.6 Å². The van der Waals surface area contributed by atoms with Crippen LogP contribution in [0.5, 0.6) is 0 Å². The minimum Gasteiger partial charge on any atom is -0.294 e. The maximum atomic E-state index is 10.9. The number of benzene rings is 4. The number of hydrogen-bond donors (Lipinski definition) is 1. The van der Waals surface area contributed by atoms with Gasteiger partial charge in [0, 0.05) is 12.1 Å². The van der Waals surface area contributed by atoms with E-state index in [0.29, 0.717) is 11.1 Å². The number of nitrogens with one attached hydrogen (secondary N) is 1. The number of aryl methyl sites for hydroxylation is 2. The topological polar surface area (TPSA) is 82.2 Å². The highest BCUT2D eigenvalue weighted by Gasteiger charge is 2.11. The van der Waals surface area contributed by atoms with Gasteiger partial charge >= 0.3 is 0 Å². The third-order valence-electron chi connectivity index (χ3n) is 5.56. The van der Waals surface area contributed by atoms with Gasteiger partial charge in [-0.2, -0.15) is 5.26 Å². The van der Waals surface area contributed by atoms with Crippen LogP contribution < -0.4 is 10.4 Å². The zero-order chi connectivity index (χ0) is 24.8. The number of nitriles is 1. The number of hydrogen-bond acceptors (Lipinski definition) is 5. The van der Waals surface area contributed by atoms with Crippen LogP contribution in [0.4, 0.5) is 22.7 Å². The van der Waals surface area contributed by atoms with Crippen molar-refractivity contribution >= 4 is 34.4 Å². The van der Waals surface area contributed by atoms with E-state index in [4.69, 9.17) is 0 Å². The molecule has 0 aliphatic heterocycles. The minimum absolute atomic E-state index is 0.00679. The Balaban J connectivity index is 1.63. The Morgan fingerprint density at radius 3 is 1.86 bits per heavy atom. The number of anilines is 3. The minimum atomic E-state index is -0.456. The summed E-state index contributed by atoms with van der Waals surface area (Å²) in [6, 6.07) is 32.5. The van der Waals surface area contributed by atoms with Crippen LogP contribution in [-0.4, -0.2) is 4.92 Å². The second-order valence-electron chi connectivity index (χ2n) is 8.21. The average Bonchev–Trinajstić information content (AvgIpc) is 2.88. The van der Waals surface area contributed by atoms with Crippen LogP contribution in [0.15, 0.2) is 97.1 Å². The molecule has 0 atom stereocenters. The summed E-state index contributed by atoms with van der Waals surface area (Å²) in [5.41, 5.74) is 10.6. The molecule has 35 heavy (non-hydrogen) atoms. The van der Waals surface area contributed by atoms with E-state index in [1.54, 1.807) is 18.2 Å². The Morgan fingerprint density at radius 1 is 0.829 bits per heavy atom. The molecule has 0 bridgehead atoms. The molecule has 1 N–H and O–H groups in total. The van der Waals surface area contributed by atoms with Crippen molar-refractivity contribution in [2.45, 2.75) is 13.8 Å². The fourth-order valence-electron chi connectivity index (χ4n) is 3.56. The molecule has 6 nitrogen and oxygen atoms in total. The number of allylic oxidation sites excluding steroid dienone is 1. The molecule has 0 aliphatic rings. The molecule has 4 aromatic carbocycles. The van der Waals surface area contributed by atoms with Gasteiger partial charge < -0.3 is 0 Å². The summed E-state index contributed by atoms with van der Waals surface area (Å²) in [5, 5.41) is 22.6. The van der Waals surface area contributed by atoms with Gasteiger partial charge in [-0.25, -0.2) is 0 Å². The van der Waals surface area contributed by atoms with Crippen LogP contribution in [0.3, 0.4) is 0 Å². The van der Waals surface area contributed by atoms with Gasteiger partial charge in [0.05, 0.1) is 33.6 Å². The first-order valence-corrected chi connectivity index (χ1v) is 11.1. The number of nitrogens with zero attached hydrogens (tertiary/aromatic N) is 3. The predicted octanol–water partition coefficient (Wildman–Crippen LogP) is 7.44. The second-order valence-corrected chi connectivity index (χ2v) is 8.21. The number of nitro groups is 1. The van der Waals surface area contributed by atoms with Gasteiger partial charge in [0.25, 0.3) is 5.69 Å². The van der Waals surface area contributed by atoms with Crippen LogP contribution in [0.1, 0.15) is 22.3 Å². The molecule has 0 spiro atoms. The highest BCUT2D eigenvalue weighted by Crippen LogP contribution is 2.28. The largest absolute Gasteiger partial charge is 0.294 e. The molecule has 0 saturated heterocycles. The number of nitro benzene ring substituents is 1. The average molecular weight is 461 g/mol. The Kier molecular flexibility index (Phi) is 6.89. The first kappa shape index (κ1) is 23.3. The molecule has 0 radical (unpaired) electrons. The van der Waals surface area contributed by atoms with E-state index in [9.17, 15) is 15.4 Å². The zero-order valence-electron chi connectivity index (χ0n) is 19.5. The fourth-order valence-corrected chi connectivity index (χ4v) is 3.56. The Labute approximate surface area is 204 Å². The lowest BCUT2D eigenvalue weighted by Gasteiger charge is -2.27. The Morgan fingerprint density at radius 2 is 1.34 bits per heavy atom. The number of non-ortho nitro benzene ring substituents is 1. The summed E-state index contributed by atoms with van der Waals surface area (Å²) in [5.74, 6) is 0. The van der Waals surface area contributed by atoms with Crippen molar-refractivity contribution in [1.82, 2.24) is 0 Å². The maximum Gasteiger partial charge on any atom is 0.269 e. The summed E-state index contributed by atoms with van der Waals surface area (Å²) in [7, 11) is 0. The fraction of sp³-hybridized carbons (Fsp3) is 0.0690. The molecule has 0 aromatic heterocycles. The van der Waals surface area contributed by atoms with Crippen LogP contribution in [0.2, 0.25) is 0 Å². The van der Waals surface area contributed by atoms with Crippen LogP contribution in [0, 0.1) is 35.3 Å². The summed E-state index contributed by atoms with van der Waals surface area (Å²) < 4.78 is 0. The predicted molar refractivity (Wildman–Crippen MR) is 141 cm³/mol. The monoisotopic (exact) mass is 460 g/mol. The maximum absolute atomic E-state index is 10.9. The summed E-state index contributed by atoms with van der Waals surface area (Å²) in [6.07, 6.45) is 1.77. The number of hydrazine groups is 1. The van der Waals surface area contributed by atoms with Crippen molar-refractivity contribution in [3.8, 4) is 6.07 Å². The van der Waals surface area contributed by atoms with E-state index >= 15 is 0 Å². The van der Waals surface area contributed by atoms with E-state index < -0.39 is 4.92 Å². The van der Waals surface area contributed by atoms with Crippen molar-refractivity contribution in [2.75, 3.05) is 10.4 Å². The first-order valence-electron chi connectivity index (χ1n) is 11.1. The summed E-state index contributed by atoms with van der Waals surface area (Å²) in [6.45, 7) is 4.11. The van der Waals surface area contributed by atoms with Crippen molar-refractivity contribution in [3.05, 3.63) is 129 Å². The lowest BCUT2D eigenvalue weighted by atomic mass is 10.0. The summed E-state index contributed by atoms with van der Waals surface area (Å²) in [4.78, 5) is 10.4. The van der Waals surface area contributed by atoms with E-state index in [-0.39, 0.29) is 5.69 Å². The lowest BCUT2D eigenvalue weighted by molar-refractivity contribution is -0.384.